The van der Waals surface area contributed by atoms with Crippen LogP contribution in [0.2, 0.25) is 0 Å². The lowest BCUT2D eigenvalue weighted by atomic mass is 10.1. The Hall–Kier alpha value is -3.13. The molecule has 0 amide bonds. The van der Waals surface area contributed by atoms with Gasteiger partial charge in [-0.2, -0.15) is 0 Å². The fourth-order valence-electron chi connectivity index (χ4n) is 4.31. The molecule has 0 bridgehead atoms. The summed E-state index contributed by atoms with van der Waals surface area (Å²) in [6.45, 7) is 5.19. The fraction of sp³-hybridized carbons (Fsp3) is 0.348. The molecular formula is C23H27ClFN5O2. The molecule has 6 N–H and O–H groups in total. The number of aromatic nitrogens is 1. The Bertz CT molecular complexity index is 1080. The number of ether oxygens (including phenoxy) is 1. The van der Waals surface area contributed by atoms with Crippen LogP contribution in [-0.4, -0.2) is 40.2 Å². The zero-order valence-corrected chi connectivity index (χ0v) is 18.8. The molecule has 32 heavy (non-hydrogen) atoms. The number of nitrogens with two attached hydrogens (primary N) is 2. The third-order valence-corrected chi connectivity index (χ3v) is 6.30. The van der Waals surface area contributed by atoms with Gasteiger partial charge in [-0.05, 0) is 43.2 Å². The summed E-state index contributed by atoms with van der Waals surface area (Å²) in [5.74, 6) is 0.244. The number of phenolic OH excluding ortho intramolecular Hbond substituents is 1. The Morgan fingerprint density at radius 2 is 2.22 bits per heavy atom. The second-order valence-corrected chi connectivity index (χ2v) is 8.44. The highest BCUT2D eigenvalue weighted by Crippen LogP contribution is 2.32. The van der Waals surface area contributed by atoms with E-state index in [1.807, 2.05) is 19.9 Å². The highest BCUT2D eigenvalue weighted by atomic mass is 35.5. The summed E-state index contributed by atoms with van der Waals surface area (Å²) < 4.78 is 20.0. The third-order valence-electron chi connectivity index (χ3n) is 6.03. The topological polar surface area (TPSA) is 110 Å². The van der Waals surface area contributed by atoms with Gasteiger partial charge in [-0.1, -0.05) is 6.07 Å². The van der Waals surface area contributed by atoms with Gasteiger partial charge >= 0.3 is 0 Å². The summed E-state index contributed by atoms with van der Waals surface area (Å²) in [6, 6.07) is 6.30. The zero-order valence-electron chi connectivity index (χ0n) is 18.0. The molecule has 0 saturated carbocycles. The van der Waals surface area contributed by atoms with Crippen LogP contribution in [0.4, 0.5) is 4.39 Å². The smallest absolute Gasteiger partial charge is 0.214 e. The highest BCUT2D eigenvalue weighted by Gasteiger charge is 2.37. The molecule has 3 heterocycles. The first kappa shape index (κ1) is 22.1. The average molecular weight is 460 g/mol. The number of aryl methyl sites for hydroxylation is 2. The van der Waals surface area contributed by atoms with E-state index in [1.54, 1.807) is 12.1 Å². The van der Waals surface area contributed by atoms with E-state index in [-0.39, 0.29) is 23.4 Å². The number of alkyl halides is 1. The summed E-state index contributed by atoms with van der Waals surface area (Å²) in [7, 11) is 0. The van der Waals surface area contributed by atoms with Crippen LogP contribution in [0.25, 0.3) is 5.70 Å². The van der Waals surface area contributed by atoms with Gasteiger partial charge in [0, 0.05) is 41.9 Å². The van der Waals surface area contributed by atoms with Crippen molar-refractivity contribution in [1.29, 1.82) is 0 Å². The quantitative estimate of drug-likeness (QED) is 0.509. The van der Waals surface area contributed by atoms with Crippen LogP contribution in [0.15, 0.2) is 41.9 Å². The molecular weight excluding hydrogens is 433 g/mol. The van der Waals surface area contributed by atoms with E-state index in [1.165, 1.54) is 12.1 Å². The number of hydrogen-bond acceptors (Lipinski definition) is 7. The maximum Gasteiger partial charge on any atom is 0.214 e. The molecule has 2 atom stereocenters. The number of nitrogens with zero attached hydrogens (tertiary/aromatic N) is 2. The number of nitrogens with one attached hydrogen (secondary N) is 1. The molecule has 2 unspecified atom stereocenters. The normalized spacial score (nSPS) is 20.9. The molecule has 0 spiro atoms. The molecule has 1 fully saturated rings. The zero-order chi connectivity index (χ0) is 23.0. The number of pyridine rings is 1. The van der Waals surface area contributed by atoms with E-state index >= 15 is 0 Å². The Balaban J connectivity index is 1.56. The van der Waals surface area contributed by atoms with Gasteiger partial charge in [-0.3, -0.25) is 0 Å². The molecule has 9 heteroatoms. The average Bonchev–Trinajstić information content (AvgIpc) is 3.14. The highest BCUT2D eigenvalue weighted by molar-refractivity contribution is 6.17. The number of fused-ring (bicyclic) bond motifs is 1. The maximum atomic E-state index is 13.8. The van der Waals surface area contributed by atoms with Crippen LogP contribution in [0.3, 0.4) is 0 Å². The van der Waals surface area contributed by atoms with Gasteiger partial charge in [0.1, 0.15) is 11.9 Å². The van der Waals surface area contributed by atoms with Crippen molar-refractivity contribution in [2.45, 2.75) is 38.3 Å². The van der Waals surface area contributed by atoms with E-state index < -0.39 is 11.6 Å². The number of para-hydroxylation sites is 1. The molecule has 0 aliphatic carbocycles. The summed E-state index contributed by atoms with van der Waals surface area (Å²) in [5, 5.41) is 13.2. The van der Waals surface area contributed by atoms with Gasteiger partial charge in [0.2, 0.25) is 5.88 Å². The van der Waals surface area contributed by atoms with Gasteiger partial charge in [0.05, 0.1) is 18.3 Å². The van der Waals surface area contributed by atoms with Crippen molar-refractivity contribution >= 4 is 17.3 Å². The van der Waals surface area contributed by atoms with Crippen LogP contribution < -0.4 is 21.5 Å². The second kappa shape index (κ2) is 8.78. The number of aromatic hydroxyl groups is 1. The van der Waals surface area contributed by atoms with E-state index in [4.69, 9.17) is 27.8 Å². The molecule has 1 saturated heterocycles. The van der Waals surface area contributed by atoms with Crippen LogP contribution in [0.1, 0.15) is 28.8 Å². The summed E-state index contributed by atoms with van der Waals surface area (Å²) in [4.78, 5) is 6.68. The Labute approximate surface area is 191 Å². The van der Waals surface area contributed by atoms with Crippen molar-refractivity contribution in [3.8, 4) is 11.6 Å². The van der Waals surface area contributed by atoms with Crippen LogP contribution in [0, 0.1) is 19.7 Å². The van der Waals surface area contributed by atoms with E-state index in [9.17, 15) is 9.50 Å². The predicted molar refractivity (Wildman–Crippen MR) is 122 cm³/mol. The largest absolute Gasteiger partial charge is 0.504 e. The predicted octanol–water partition coefficient (Wildman–Crippen LogP) is 2.83. The third kappa shape index (κ3) is 4.14. The van der Waals surface area contributed by atoms with Crippen molar-refractivity contribution in [1.82, 2.24) is 15.2 Å². The molecule has 2 aliphatic rings. The Morgan fingerprint density at radius 3 is 2.94 bits per heavy atom. The summed E-state index contributed by atoms with van der Waals surface area (Å²) >= 11 is 6.01. The second-order valence-electron chi connectivity index (χ2n) is 8.17. The fourth-order valence-corrected chi connectivity index (χ4v) is 4.71. The van der Waals surface area contributed by atoms with E-state index in [0.29, 0.717) is 36.4 Å². The SMILES string of the molecule is Cc1cc(OC2CC3CNC(N)=C(/C=C(\N)c4cccc(F)c4O)N3C2)nc(C)c1CCl. The number of hydrogen-bond donors (Lipinski definition) is 4. The first-order valence-corrected chi connectivity index (χ1v) is 11.0. The minimum atomic E-state index is -0.728. The molecule has 1 aromatic carbocycles. The lowest BCUT2D eigenvalue weighted by Gasteiger charge is -2.34. The van der Waals surface area contributed by atoms with Crippen LogP contribution in [-0.2, 0) is 5.88 Å². The van der Waals surface area contributed by atoms with Crippen molar-refractivity contribution in [2.24, 2.45) is 11.5 Å². The van der Waals surface area contributed by atoms with Crippen molar-refractivity contribution in [2.75, 3.05) is 13.1 Å². The number of rotatable bonds is 5. The monoisotopic (exact) mass is 459 g/mol. The number of allylic oxidation sites excluding steroid dienone is 1. The molecule has 4 rings (SSSR count). The standard InChI is InChI=1S/C23H27ClFN5O2/c1-12-6-21(29-13(2)17(12)9-24)32-15-7-14-10-28-23(27)20(30(14)11-15)8-19(26)16-4-3-5-18(25)22(16)31/h3-6,8,14-15,28,31H,7,9-11,26-27H2,1-2H3/b19-8-. The number of phenols is 1. The van der Waals surface area contributed by atoms with E-state index in [0.717, 1.165) is 23.2 Å². The molecule has 170 valence electrons. The number of halogens is 2. The van der Waals surface area contributed by atoms with E-state index in [2.05, 4.69) is 15.2 Å². The molecule has 2 aliphatic heterocycles. The van der Waals surface area contributed by atoms with Gasteiger partial charge < -0.3 is 31.5 Å². The van der Waals surface area contributed by atoms with Gasteiger partial charge in [0.25, 0.3) is 0 Å². The van der Waals surface area contributed by atoms with Gasteiger partial charge in [0.15, 0.2) is 11.6 Å². The molecule has 2 aromatic rings. The van der Waals surface area contributed by atoms with Gasteiger partial charge in [-0.25, -0.2) is 9.37 Å². The Kier molecular flexibility index (Phi) is 6.06. The minimum absolute atomic E-state index is 0.0898. The molecule has 7 nitrogen and oxygen atoms in total. The molecule has 1 aromatic heterocycles. The first-order chi connectivity index (χ1) is 15.3. The number of benzene rings is 1. The first-order valence-electron chi connectivity index (χ1n) is 10.4. The lowest BCUT2D eigenvalue weighted by molar-refractivity contribution is 0.201. The summed E-state index contributed by atoms with van der Waals surface area (Å²) in [6.07, 6.45) is 2.35. The van der Waals surface area contributed by atoms with Gasteiger partial charge in [-0.15, -0.1) is 11.6 Å². The Morgan fingerprint density at radius 1 is 1.44 bits per heavy atom. The van der Waals surface area contributed by atoms with Crippen LogP contribution in [0.5, 0.6) is 11.6 Å². The lowest BCUT2D eigenvalue weighted by Crippen LogP contribution is -2.45. The molecule has 0 radical (unpaired) electrons. The van der Waals surface area contributed by atoms with Crippen molar-refractivity contribution < 1.29 is 14.2 Å². The maximum absolute atomic E-state index is 13.8. The van der Waals surface area contributed by atoms with Crippen LogP contribution >= 0.6 is 11.6 Å². The van der Waals surface area contributed by atoms with Crippen molar-refractivity contribution in [3.05, 3.63) is 70.1 Å². The van der Waals surface area contributed by atoms with Crippen molar-refractivity contribution in [3.63, 3.8) is 0 Å². The summed E-state index contributed by atoms with van der Waals surface area (Å²) in [5.41, 5.74) is 16.5. The minimum Gasteiger partial charge on any atom is -0.504 e.